The molecule has 1 aromatic carbocycles. The third-order valence-electron chi connectivity index (χ3n) is 4.49. The second-order valence-corrected chi connectivity index (χ2v) is 6.85. The molecular weight excluding hydrogens is 356 g/mol. The van der Waals surface area contributed by atoms with E-state index in [0.29, 0.717) is 12.1 Å². The average molecular weight is 382 g/mol. The SMILES string of the molecule is COC(=O)C(C)CN(Cc1cccnc1)C(=O)CCC(=O)c1ccc(C)cc1. The molecule has 0 fully saturated rings. The van der Waals surface area contributed by atoms with E-state index in [2.05, 4.69) is 4.98 Å². The molecule has 1 aromatic heterocycles. The maximum Gasteiger partial charge on any atom is 0.310 e. The lowest BCUT2D eigenvalue weighted by Crippen LogP contribution is -2.37. The molecule has 0 aliphatic heterocycles. The normalized spacial score (nSPS) is 11.5. The number of ketones is 1. The smallest absolute Gasteiger partial charge is 0.310 e. The van der Waals surface area contributed by atoms with Crippen molar-refractivity contribution in [3.05, 3.63) is 65.5 Å². The minimum atomic E-state index is -0.460. The van der Waals surface area contributed by atoms with Crippen molar-refractivity contribution in [3.63, 3.8) is 0 Å². The Hall–Kier alpha value is -3.02. The van der Waals surface area contributed by atoms with Crippen LogP contribution in [-0.4, -0.2) is 41.2 Å². The van der Waals surface area contributed by atoms with Gasteiger partial charge in [0.1, 0.15) is 0 Å². The predicted molar refractivity (Wildman–Crippen MR) is 106 cm³/mol. The summed E-state index contributed by atoms with van der Waals surface area (Å²) < 4.78 is 4.77. The summed E-state index contributed by atoms with van der Waals surface area (Å²) in [5, 5.41) is 0. The first-order chi connectivity index (χ1) is 13.4. The van der Waals surface area contributed by atoms with Crippen LogP contribution in [0.3, 0.4) is 0 Å². The summed E-state index contributed by atoms with van der Waals surface area (Å²) in [5.41, 5.74) is 2.53. The Bertz CT molecular complexity index is 803. The molecule has 1 amide bonds. The number of aromatic nitrogens is 1. The lowest BCUT2D eigenvalue weighted by Gasteiger charge is -2.25. The molecule has 0 aliphatic carbocycles. The van der Waals surface area contributed by atoms with E-state index in [9.17, 15) is 14.4 Å². The molecule has 0 bridgehead atoms. The number of hydrogen-bond acceptors (Lipinski definition) is 5. The lowest BCUT2D eigenvalue weighted by molar-refractivity contribution is -0.146. The molecule has 0 aliphatic rings. The number of pyridine rings is 1. The number of carbonyl (C=O) groups is 3. The van der Waals surface area contributed by atoms with E-state index in [4.69, 9.17) is 4.74 Å². The van der Waals surface area contributed by atoms with Crippen LogP contribution in [0.15, 0.2) is 48.8 Å². The number of esters is 1. The topological polar surface area (TPSA) is 76.6 Å². The van der Waals surface area contributed by atoms with Crippen molar-refractivity contribution in [2.45, 2.75) is 33.2 Å². The number of rotatable bonds is 9. The highest BCUT2D eigenvalue weighted by atomic mass is 16.5. The van der Waals surface area contributed by atoms with Crippen LogP contribution in [0.5, 0.6) is 0 Å². The Morgan fingerprint density at radius 1 is 1.11 bits per heavy atom. The molecule has 1 heterocycles. The Morgan fingerprint density at radius 3 is 2.43 bits per heavy atom. The maximum atomic E-state index is 12.8. The molecule has 148 valence electrons. The minimum Gasteiger partial charge on any atom is -0.469 e. The van der Waals surface area contributed by atoms with Gasteiger partial charge in [0.25, 0.3) is 0 Å². The zero-order valence-corrected chi connectivity index (χ0v) is 16.6. The summed E-state index contributed by atoms with van der Waals surface area (Å²) in [6.07, 6.45) is 3.55. The quantitative estimate of drug-likeness (QED) is 0.492. The average Bonchev–Trinajstić information content (AvgIpc) is 2.71. The van der Waals surface area contributed by atoms with Gasteiger partial charge in [-0.2, -0.15) is 0 Å². The summed E-state index contributed by atoms with van der Waals surface area (Å²) in [4.78, 5) is 42.6. The van der Waals surface area contributed by atoms with Crippen molar-refractivity contribution in [2.24, 2.45) is 5.92 Å². The molecule has 1 unspecified atom stereocenters. The van der Waals surface area contributed by atoms with E-state index in [-0.39, 0.29) is 37.0 Å². The predicted octanol–water partition coefficient (Wildman–Crippen LogP) is 3.19. The fraction of sp³-hybridized carbons (Fsp3) is 0.364. The Balaban J connectivity index is 2.03. The summed E-state index contributed by atoms with van der Waals surface area (Å²) >= 11 is 0. The van der Waals surface area contributed by atoms with E-state index in [0.717, 1.165) is 11.1 Å². The van der Waals surface area contributed by atoms with Gasteiger partial charge in [0, 0.05) is 43.9 Å². The van der Waals surface area contributed by atoms with Crippen LogP contribution < -0.4 is 0 Å². The molecule has 0 saturated carbocycles. The largest absolute Gasteiger partial charge is 0.469 e. The van der Waals surface area contributed by atoms with Crippen molar-refractivity contribution >= 4 is 17.7 Å². The molecule has 6 nitrogen and oxygen atoms in total. The first-order valence-corrected chi connectivity index (χ1v) is 9.25. The van der Waals surface area contributed by atoms with Crippen LogP contribution in [0.2, 0.25) is 0 Å². The summed E-state index contributed by atoms with van der Waals surface area (Å²) in [6.45, 7) is 4.22. The lowest BCUT2D eigenvalue weighted by atomic mass is 10.0. The van der Waals surface area contributed by atoms with Gasteiger partial charge >= 0.3 is 5.97 Å². The highest BCUT2D eigenvalue weighted by molar-refractivity contribution is 5.98. The monoisotopic (exact) mass is 382 g/mol. The fourth-order valence-corrected chi connectivity index (χ4v) is 2.84. The number of methoxy groups -OCH3 is 1. The molecule has 0 radical (unpaired) electrons. The van der Waals surface area contributed by atoms with Gasteiger partial charge in [0.2, 0.25) is 5.91 Å². The van der Waals surface area contributed by atoms with E-state index >= 15 is 0 Å². The molecule has 6 heteroatoms. The summed E-state index contributed by atoms with van der Waals surface area (Å²) in [6, 6.07) is 11.0. The molecule has 0 N–H and O–H groups in total. The summed E-state index contributed by atoms with van der Waals surface area (Å²) in [5.74, 6) is -1.09. The number of nitrogens with zero attached hydrogens (tertiary/aromatic N) is 2. The van der Waals surface area contributed by atoms with Gasteiger partial charge in [-0.25, -0.2) is 0 Å². The van der Waals surface area contributed by atoms with Crippen LogP contribution in [0, 0.1) is 12.8 Å². The van der Waals surface area contributed by atoms with E-state index < -0.39 is 5.92 Å². The Morgan fingerprint density at radius 2 is 1.82 bits per heavy atom. The standard InChI is InChI=1S/C22H26N2O4/c1-16-6-8-19(9-7-16)20(25)10-11-21(26)24(14-17(2)22(27)28-3)15-18-5-4-12-23-13-18/h4-9,12-13,17H,10-11,14-15H2,1-3H3. The Labute approximate surface area is 165 Å². The van der Waals surface area contributed by atoms with E-state index in [1.165, 1.54) is 7.11 Å². The van der Waals surface area contributed by atoms with E-state index in [1.54, 1.807) is 42.4 Å². The summed E-state index contributed by atoms with van der Waals surface area (Å²) in [7, 11) is 1.33. The van der Waals surface area contributed by atoms with Crippen LogP contribution >= 0.6 is 0 Å². The van der Waals surface area contributed by atoms with Gasteiger partial charge in [-0.1, -0.05) is 42.8 Å². The van der Waals surface area contributed by atoms with Crippen molar-refractivity contribution in [3.8, 4) is 0 Å². The number of Topliss-reactive ketones (excluding diaryl/α,β-unsaturated/α-hetero) is 1. The number of aryl methyl sites for hydroxylation is 1. The number of benzene rings is 1. The zero-order chi connectivity index (χ0) is 20.5. The van der Waals surface area contributed by atoms with Gasteiger partial charge in [0.15, 0.2) is 5.78 Å². The fourth-order valence-electron chi connectivity index (χ4n) is 2.84. The van der Waals surface area contributed by atoms with Crippen molar-refractivity contribution < 1.29 is 19.1 Å². The second-order valence-electron chi connectivity index (χ2n) is 6.85. The minimum absolute atomic E-state index is 0.0734. The van der Waals surface area contributed by atoms with Gasteiger partial charge in [0.05, 0.1) is 13.0 Å². The molecule has 0 saturated heterocycles. The molecule has 28 heavy (non-hydrogen) atoms. The number of amides is 1. The van der Waals surface area contributed by atoms with Gasteiger partial charge in [-0.3, -0.25) is 19.4 Å². The van der Waals surface area contributed by atoms with Crippen molar-refractivity contribution in [2.75, 3.05) is 13.7 Å². The molecule has 1 atom stereocenters. The van der Waals surface area contributed by atoms with Gasteiger partial charge in [-0.15, -0.1) is 0 Å². The van der Waals surface area contributed by atoms with Crippen molar-refractivity contribution in [1.82, 2.24) is 9.88 Å². The Kier molecular flexibility index (Phi) is 7.87. The first-order valence-electron chi connectivity index (χ1n) is 9.25. The molecule has 0 spiro atoms. The zero-order valence-electron chi connectivity index (χ0n) is 16.6. The van der Waals surface area contributed by atoms with Crippen molar-refractivity contribution in [1.29, 1.82) is 0 Å². The number of ether oxygens (including phenoxy) is 1. The van der Waals surface area contributed by atoms with Gasteiger partial charge < -0.3 is 9.64 Å². The van der Waals surface area contributed by atoms with Crippen LogP contribution in [0.25, 0.3) is 0 Å². The third kappa shape index (κ3) is 6.30. The highest BCUT2D eigenvalue weighted by Gasteiger charge is 2.22. The van der Waals surface area contributed by atoms with Crippen LogP contribution in [0.1, 0.15) is 41.3 Å². The maximum absolute atomic E-state index is 12.8. The van der Waals surface area contributed by atoms with E-state index in [1.807, 2.05) is 25.1 Å². The van der Waals surface area contributed by atoms with Gasteiger partial charge in [-0.05, 0) is 18.6 Å². The molecule has 2 aromatic rings. The van der Waals surface area contributed by atoms with Crippen LogP contribution in [-0.2, 0) is 20.9 Å². The highest BCUT2D eigenvalue weighted by Crippen LogP contribution is 2.13. The second kappa shape index (κ2) is 10.3. The molecule has 2 rings (SSSR count). The first kappa shape index (κ1) is 21.3. The number of carbonyl (C=O) groups excluding carboxylic acids is 3. The third-order valence-corrected chi connectivity index (χ3v) is 4.49. The number of hydrogen-bond donors (Lipinski definition) is 0. The van der Waals surface area contributed by atoms with Crippen LogP contribution in [0.4, 0.5) is 0 Å². The molecular formula is C22H26N2O4.